The molecule has 1 amide bonds. The van der Waals surface area contributed by atoms with Gasteiger partial charge in [0.2, 0.25) is 0 Å². The van der Waals surface area contributed by atoms with Gasteiger partial charge >= 0.3 is 5.97 Å². The van der Waals surface area contributed by atoms with Crippen molar-refractivity contribution in [2.75, 3.05) is 14.1 Å². The predicted octanol–water partition coefficient (Wildman–Crippen LogP) is 1.45. The summed E-state index contributed by atoms with van der Waals surface area (Å²) in [7, 11) is 3.41. The Labute approximate surface area is 110 Å². The van der Waals surface area contributed by atoms with Gasteiger partial charge in [0, 0.05) is 14.1 Å². The molecule has 0 bridgehead atoms. The maximum atomic E-state index is 11.9. The number of benzene rings is 1. The summed E-state index contributed by atoms with van der Waals surface area (Å²) in [5.74, 6) is -1.59. The number of nitrogens with zero attached hydrogens (tertiary/aromatic N) is 3. The van der Waals surface area contributed by atoms with Crippen molar-refractivity contribution in [2.24, 2.45) is 10.3 Å². The van der Waals surface area contributed by atoms with Crippen molar-refractivity contribution in [3.63, 3.8) is 0 Å². The van der Waals surface area contributed by atoms with Crippen molar-refractivity contribution in [3.8, 4) is 0 Å². The highest BCUT2D eigenvalue weighted by atomic mass is 16.4. The fourth-order valence-corrected chi connectivity index (χ4v) is 1.23. The summed E-state index contributed by atoms with van der Waals surface area (Å²) in [5.41, 5.74) is 0.660. The van der Waals surface area contributed by atoms with E-state index in [0.29, 0.717) is 5.69 Å². The van der Waals surface area contributed by atoms with E-state index in [1.54, 1.807) is 38.4 Å². The van der Waals surface area contributed by atoms with E-state index < -0.39 is 17.9 Å². The van der Waals surface area contributed by atoms with Crippen molar-refractivity contribution in [1.82, 2.24) is 10.3 Å². The lowest BCUT2D eigenvalue weighted by atomic mass is 10.1. The summed E-state index contributed by atoms with van der Waals surface area (Å²) in [6.07, 6.45) is 0. The van der Waals surface area contributed by atoms with Gasteiger partial charge in [0.05, 0.1) is 5.56 Å². The average molecular weight is 264 g/mol. The average Bonchev–Trinajstić information content (AvgIpc) is 2.36. The lowest BCUT2D eigenvalue weighted by Crippen LogP contribution is -2.38. The number of hydrogen-bond acceptors (Lipinski definition) is 4. The van der Waals surface area contributed by atoms with Crippen molar-refractivity contribution in [2.45, 2.75) is 13.0 Å². The van der Waals surface area contributed by atoms with Crippen LogP contribution in [-0.2, 0) is 4.79 Å². The molecule has 0 saturated carbocycles. The standard InChI is InChI=1S/C12H16N4O3/c1-8(12(18)19)13-11(17)9-6-4-5-7-10(9)14-15-16(2)3/h4-8H,1-3H3,(H,13,17)(H,18,19)/t8-/m0/s1. The molecule has 0 radical (unpaired) electrons. The van der Waals surface area contributed by atoms with Crippen LogP contribution < -0.4 is 5.32 Å². The highest BCUT2D eigenvalue weighted by Gasteiger charge is 2.17. The van der Waals surface area contributed by atoms with Crippen molar-refractivity contribution in [1.29, 1.82) is 0 Å². The van der Waals surface area contributed by atoms with E-state index in [0.717, 1.165) is 0 Å². The van der Waals surface area contributed by atoms with E-state index in [9.17, 15) is 9.59 Å². The molecule has 7 nitrogen and oxygen atoms in total. The van der Waals surface area contributed by atoms with Gasteiger partial charge in [-0.3, -0.25) is 14.6 Å². The predicted molar refractivity (Wildman–Crippen MR) is 69.2 cm³/mol. The van der Waals surface area contributed by atoms with Gasteiger partial charge in [-0.1, -0.05) is 17.4 Å². The molecule has 19 heavy (non-hydrogen) atoms. The van der Waals surface area contributed by atoms with Gasteiger partial charge in [0.25, 0.3) is 5.91 Å². The summed E-state index contributed by atoms with van der Waals surface area (Å²) >= 11 is 0. The van der Waals surface area contributed by atoms with Crippen LogP contribution in [0.3, 0.4) is 0 Å². The number of carbonyl (C=O) groups excluding carboxylic acids is 1. The minimum absolute atomic E-state index is 0.279. The zero-order chi connectivity index (χ0) is 14.4. The second kappa shape index (κ2) is 6.48. The Kier molecular flexibility index (Phi) is 4.99. The summed E-state index contributed by atoms with van der Waals surface area (Å²) < 4.78 is 0. The third-order valence-electron chi connectivity index (χ3n) is 2.20. The maximum Gasteiger partial charge on any atom is 0.325 e. The first-order chi connectivity index (χ1) is 8.91. The van der Waals surface area contributed by atoms with Gasteiger partial charge in [0.15, 0.2) is 0 Å². The number of carboxylic acid groups (broad SMARTS) is 1. The Balaban J connectivity index is 2.94. The first kappa shape index (κ1) is 14.6. The molecule has 1 atom stereocenters. The molecule has 0 aliphatic carbocycles. The quantitative estimate of drug-likeness (QED) is 0.621. The van der Waals surface area contributed by atoms with Gasteiger partial charge in [-0.2, -0.15) is 0 Å². The zero-order valence-electron chi connectivity index (χ0n) is 11.0. The number of hydrogen-bond donors (Lipinski definition) is 2. The first-order valence-electron chi connectivity index (χ1n) is 5.63. The monoisotopic (exact) mass is 264 g/mol. The Morgan fingerprint density at radius 3 is 2.53 bits per heavy atom. The maximum absolute atomic E-state index is 11.9. The smallest absolute Gasteiger partial charge is 0.325 e. The summed E-state index contributed by atoms with van der Waals surface area (Å²) in [5, 5.41) is 20.4. The molecule has 102 valence electrons. The number of aliphatic carboxylic acids is 1. The van der Waals surface area contributed by atoms with Crippen molar-refractivity contribution in [3.05, 3.63) is 29.8 Å². The third kappa shape index (κ3) is 4.38. The number of carbonyl (C=O) groups is 2. The van der Waals surface area contributed by atoms with E-state index in [-0.39, 0.29) is 5.56 Å². The van der Waals surface area contributed by atoms with Gasteiger partial charge in [0.1, 0.15) is 11.7 Å². The molecular formula is C12H16N4O3. The van der Waals surface area contributed by atoms with Crippen LogP contribution in [0, 0.1) is 0 Å². The van der Waals surface area contributed by atoms with Crippen molar-refractivity contribution < 1.29 is 14.7 Å². The normalized spacial score (nSPS) is 12.2. The van der Waals surface area contributed by atoms with Crippen LogP contribution in [0.15, 0.2) is 34.6 Å². The molecule has 0 aromatic heterocycles. The SMILES string of the molecule is C[C@H](NC(=O)c1ccccc1N=NN(C)C)C(=O)O. The number of carboxylic acids is 1. The Morgan fingerprint density at radius 1 is 1.32 bits per heavy atom. The molecule has 0 spiro atoms. The summed E-state index contributed by atoms with van der Waals surface area (Å²) in [4.78, 5) is 22.6. The second-order valence-electron chi connectivity index (χ2n) is 4.09. The van der Waals surface area contributed by atoms with E-state index in [4.69, 9.17) is 5.11 Å². The number of rotatable bonds is 5. The Morgan fingerprint density at radius 2 is 1.95 bits per heavy atom. The number of nitrogens with one attached hydrogen (secondary N) is 1. The van der Waals surface area contributed by atoms with Crippen LogP contribution >= 0.6 is 0 Å². The lowest BCUT2D eigenvalue weighted by molar-refractivity contribution is -0.138. The summed E-state index contributed by atoms with van der Waals surface area (Å²) in [6.45, 7) is 1.39. The Hall–Kier alpha value is -2.44. The van der Waals surface area contributed by atoms with Crippen LogP contribution in [0.2, 0.25) is 0 Å². The van der Waals surface area contributed by atoms with E-state index >= 15 is 0 Å². The molecule has 7 heteroatoms. The Bertz CT molecular complexity index is 500. The fraction of sp³-hybridized carbons (Fsp3) is 0.333. The van der Waals surface area contributed by atoms with Gasteiger partial charge in [-0.25, -0.2) is 0 Å². The van der Waals surface area contributed by atoms with E-state index in [2.05, 4.69) is 15.7 Å². The second-order valence-corrected chi connectivity index (χ2v) is 4.09. The molecule has 0 heterocycles. The van der Waals surface area contributed by atoms with Gasteiger partial charge in [-0.05, 0) is 19.1 Å². The highest BCUT2D eigenvalue weighted by Crippen LogP contribution is 2.19. The molecule has 0 aliphatic rings. The third-order valence-corrected chi connectivity index (χ3v) is 2.20. The first-order valence-corrected chi connectivity index (χ1v) is 5.63. The molecule has 1 aromatic rings. The molecule has 2 N–H and O–H groups in total. The summed E-state index contributed by atoms with van der Waals surface area (Å²) in [6, 6.07) is 5.63. The molecule has 1 aromatic carbocycles. The van der Waals surface area contributed by atoms with Crippen LogP contribution in [0.5, 0.6) is 0 Å². The lowest BCUT2D eigenvalue weighted by Gasteiger charge is -2.10. The molecular weight excluding hydrogens is 248 g/mol. The van der Waals surface area contributed by atoms with Crippen LogP contribution in [0.25, 0.3) is 0 Å². The van der Waals surface area contributed by atoms with Crippen LogP contribution in [0.4, 0.5) is 5.69 Å². The van der Waals surface area contributed by atoms with Crippen LogP contribution in [-0.4, -0.2) is 42.1 Å². The zero-order valence-corrected chi connectivity index (χ0v) is 11.0. The molecule has 0 unspecified atom stereocenters. The highest BCUT2D eigenvalue weighted by molar-refractivity contribution is 6.00. The van der Waals surface area contributed by atoms with E-state index in [1.165, 1.54) is 11.9 Å². The molecule has 0 saturated heterocycles. The van der Waals surface area contributed by atoms with Gasteiger partial charge < -0.3 is 10.4 Å². The molecule has 1 rings (SSSR count). The van der Waals surface area contributed by atoms with Gasteiger partial charge in [-0.15, -0.1) is 5.11 Å². The largest absolute Gasteiger partial charge is 0.480 e. The number of amides is 1. The molecule has 0 fully saturated rings. The van der Waals surface area contributed by atoms with Crippen molar-refractivity contribution >= 4 is 17.6 Å². The topological polar surface area (TPSA) is 94.4 Å². The van der Waals surface area contributed by atoms with E-state index in [1.807, 2.05) is 0 Å². The minimum Gasteiger partial charge on any atom is -0.480 e. The molecule has 0 aliphatic heterocycles. The minimum atomic E-state index is -1.10. The van der Waals surface area contributed by atoms with Crippen LogP contribution in [0.1, 0.15) is 17.3 Å². The fourth-order valence-electron chi connectivity index (χ4n) is 1.23.